The van der Waals surface area contributed by atoms with Gasteiger partial charge in [-0.2, -0.15) is 4.31 Å². The van der Waals surface area contributed by atoms with Crippen molar-refractivity contribution in [2.24, 2.45) is 10.9 Å². The normalized spacial score (nSPS) is 20.5. The Morgan fingerprint density at radius 2 is 1.79 bits per heavy atom. The van der Waals surface area contributed by atoms with Crippen molar-refractivity contribution in [3.63, 3.8) is 0 Å². The molecule has 1 atom stereocenters. The number of carbonyl (C=O) groups is 1. The molecule has 1 amide bonds. The Hall–Kier alpha value is -2.83. The van der Waals surface area contributed by atoms with Crippen LogP contribution in [0.1, 0.15) is 19.4 Å². The van der Waals surface area contributed by atoms with Crippen molar-refractivity contribution in [1.82, 2.24) is 18.9 Å². The minimum atomic E-state index is -3.71. The Labute approximate surface area is 193 Å². The lowest BCUT2D eigenvalue weighted by atomic mass is 10.0. The average Bonchev–Trinajstić information content (AvgIpc) is 3.07. The summed E-state index contributed by atoms with van der Waals surface area (Å²) in [5.41, 5.74) is 0.434. The summed E-state index contributed by atoms with van der Waals surface area (Å²) in [6.07, 6.45) is 2.81. The van der Waals surface area contributed by atoms with Gasteiger partial charge in [-0.3, -0.25) is 19.5 Å². The van der Waals surface area contributed by atoms with Crippen LogP contribution in [0.2, 0.25) is 0 Å². The van der Waals surface area contributed by atoms with Gasteiger partial charge in [-0.1, -0.05) is 26.0 Å². The standard InChI is InChI=1S/C21H25N5O5S2/c1-15(2)19(23-20-17-7-3-4-8-18(17)32(28,29)24-20)21(27)25-10-12-26(13-11-25)33(30,31)16-6-5-9-22-14-16/h3-9,14-15,19H,10-13H2,1-2H3,(H,23,24)/t19-/m0/s1. The minimum Gasteiger partial charge on any atom is -0.338 e. The van der Waals surface area contributed by atoms with Gasteiger partial charge in [0.25, 0.3) is 10.0 Å². The zero-order valence-electron chi connectivity index (χ0n) is 18.2. The second-order valence-electron chi connectivity index (χ2n) is 8.19. The Morgan fingerprint density at radius 1 is 1.09 bits per heavy atom. The van der Waals surface area contributed by atoms with Crippen LogP contribution in [0, 0.1) is 5.92 Å². The molecule has 2 aromatic rings. The molecule has 33 heavy (non-hydrogen) atoms. The summed E-state index contributed by atoms with van der Waals surface area (Å²) >= 11 is 0. The summed E-state index contributed by atoms with van der Waals surface area (Å²) in [7, 11) is -7.40. The number of amides is 1. The maximum Gasteiger partial charge on any atom is 0.263 e. The van der Waals surface area contributed by atoms with Gasteiger partial charge >= 0.3 is 0 Å². The van der Waals surface area contributed by atoms with Crippen LogP contribution in [0.5, 0.6) is 0 Å². The predicted octanol–water partition coefficient (Wildman–Crippen LogP) is 0.678. The first kappa shape index (κ1) is 23.3. The van der Waals surface area contributed by atoms with Gasteiger partial charge in [0.05, 0.1) is 4.90 Å². The summed E-state index contributed by atoms with van der Waals surface area (Å²) in [6, 6.07) is 8.73. The number of nitrogens with one attached hydrogen (secondary N) is 1. The monoisotopic (exact) mass is 491 g/mol. The number of hydrogen-bond donors (Lipinski definition) is 1. The second-order valence-corrected chi connectivity index (χ2v) is 11.8. The SMILES string of the molecule is CC(C)[C@H](N=C1NS(=O)(=O)c2ccccc21)C(=O)N1CCN(S(=O)(=O)c2cccnc2)CC1. The molecule has 176 valence electrons. The minimum absolute atomic E-state index is 0.114. The largest absolute Gasteiger partial charge is 0.338 e. The molecular formula is C21H25N5O5S2. The van der Waals surface area contributed by atoms with Crippen LogP contribution >= 0.6 is 0 Å². The van der Waals surface area contributed by atoms with Crippen molar-refractivity contribution in [3.05, 3.63) is 54.4 Å². The van der Waals surface area contributed by atoms with E-state index >= 15 is 0 Å². The number of benzene rings is 1. The molecule has 2 aliphatic rings. The van der Waals surface area contributed by atoms with E-state index in [0.29, 0.717) is 5.56 Å². The van der Waals surface area contributed by atoms with Crippen LogP contribution in [-0.4, -0.2) is 75.0 Å². The number of amidine groups is 1. The van der Waals surface area contributed by atoms with E-state index in [1.54, 1.807) is 29.2 Å². The van der Waals surface area contributed by atoms with E-state index in [-0.39, 0.29) is 53.6 Å². The first-order valence-electron chi connectivity index (χ1n) is 10.5. The topological polar surface area (TPSA) is 129 Å². The first-order valence-corrected chi connectivity index (χ1v) is 13.4. The van der Waals surface area contributed by atoms with Gasteiger partial charge in [0.2, 0.25) is 15.9 Å². The average molecular weight is 492 g/mol. The zero-order valence-corrected chi connectivity index (χ0v) is 19.9. The summed E-state index contributed by atoms with van der Waals surface area (Å²) in [6.45, 7) is 4.42. The Morgan fingerprint density at radius 3 is 2.42 bits per heavy atom. The third kappa shape index (κ3) is 4.50. The van der Waals surface area contributed by atoms with Gasteiger partial charge in [-0.05, 0) is 30.2 Å². The number of piperazine rings is 1. The van der Waals surface area contributed by atoms with Crippen molar-refractivity contribution in [2.45, 2.75) is 29.7 Å². The molecule has 1 aromatic carbocycles. The number of aromatic nitrogens is 1. The number of rotatable bonds is 5. The highest BCUT2D eigenvalue weighted by Gasteiger charge is 2.36. The number of fused-ring (bicyclic) bond motifs is 1. The van der Waals surface area contributed by atoms with Crippen molar-refractivity contribution in [3.8, 4) is 0 Å². The van der Waals surface area contributed by atoms with Gasteiger partial charge in [-0.15, -0.1) is 0 Å². The molecule has 10 nitrogen and oxygen atoms in total. The van der Waals surface area contributed by atoms with E-state index in [0.717, 1.165) is 0 Å². The summed E-state index contributed by atoms with van der Waals surface area (Å²) in [5.74, 6) is -0.311. The van der Waals surface area contributed by atoms with Gasteiger partial charge in [-0.25, -0.2) is 16.8 Å². The van der Waals surface area contributed by atoms with Crippen molar-refractivity contribution in [2.75, 3.05) is 26.2 Å². The number of sulfonamides is 2. The van der Waals surface area contributed by atoms with Gasteiger partial charge in [0.15, 0.2) is 0 Å². The molecule has 0 spiro atoms. The van der Waals surface area contributed by atoms with E-state index in [1.807, 2.05) is 13.8 Å². The molecule has 0 bridgehead atoms. The maximum absolute atomic E-state index is 13.3. The molecule has 1 fully saturated rings. The maximum atomic E-state index is 13.3. The lowest BCUT2D eigenvalue weighted by Crippen LogP contribution is -2.53. The fourth-order valence-electron chi connectivity index (χ4n) is 3.84. The van der Waals surface area contributed by atoms with Gasteiger partial charge in [0, 0.05) is 44.1 Å². The number of aliphatic imine (C=N–C) groups is 1. The lowest BCUT2D eigenvalue weighted by molar-refractivity contribution is -0.134. The lowest BCUT2D eigenvalue weighted by Gasteiger charge is -2.35. The van der Waals surface area contributed by atoms with E-state index in [4.69, 9.17) is 0 Å². The fraction of sp³-hybridized carbons (Fsp3) is 0.381. The molecule has 1 saturated heterocycles. The summed E-state index contributed by atoms with van der Waals surface area (Å²) < 4.78 is 54.2. The third-order valence-corrected chi connectivity index (χ3v) is 8.92. The summed E-state index contributed by atoms with van der Waals surface area (Å²) in [4.78, 5) is 23.5. The third-order valence-electron chi connectivity index (χ3n) is 5.64. The number of nitrogens with zero attached hydrogens (tertiary/aromatic N) is 4. The number of pyridine rings is 1. The predicted molar refractivity (Wildman–Crippen MR) is 122 cm³/mol. The molecule has 1 N–H and O–H groups in total. The van der Waals surface area contributed by atoms with Crippen molar-refractivity contribution in [1.29, 1.82) is 0 Å². The zero-order chi connectivity index (χ0) is 23.8. The number of hydrogen-bond acceptors (Lipinski definition) is 7. The summed E-state index contributed by atoms with van der Waals surface area (Å²) in [5, 5.41) is 0. The molecule has 12 heteroatoms. The Kier molecular flexibility index (Phi) is 6.25. The smallest absolute Gasteiger partial charge is 0.263 e. The molecule has 1 aromatic heterocycles. The molecule has 0 aliphatic carbocycles. The second kappa shape index (κ2) is 8.84. The fourth-order valence-corrected chi connectivity index (χ4v) is 6.47. The van der Waals surface area contributed by atoms with Crippen LogP contribution in [0.15, 0.2) is 63.6 Å². The molecular weight excluding hydrogens is 466 g/mol. The van der Waals surface area contributed by atoms with Gasteiger partial charge in [0.1, 0.15) is 16.8 Å². The van der Waals surface area contributed by atoms with Crippen molar-refractivity contribution < 1.29 is 21.6 Å². The molecule has 4 rings (SSSR count). The first-order chi connectivity index (χ1) is 15.6. The highest BCUT2D eigenvalue weighted by molar-refractivity contribution is 7.90. The van der Waals surface area contributed by atoms with Crippen LogP contribution in [0.4, 0.5) is 0 Å². The molecule has 0 radical (unpaired) electrons. The van der Waals surface area contributed by atoms with E-state index in [2.05, 4.69) is 14.7 Å². The van der Waals surface area contributed by atoms with E-state index in [1.165, 1.54) is 28.8 Å². The quantitative estimate of drug-likeness (QED) is 0.655. The van der Waals surface area contributed by atoms with Crippen LogP contribution in [0.25, 0.3) is 0 Å². The molecule has 2 aliphatic heterocycles. The van der Waals surface area contributed by atoms with Crippen molar-refractivity contribution >= 4 is 31.8 Å². The van der Waals surface area contributed by atoms with Gasteiger partial charge < -0.3 is 4.90 Å². The van der Waals surface area contributed by atoms with Crippen LogP contribution < -0.4 is 4.72 Å². The molecule has 3 heterocycles. The highest BCUT2D eigenvalue weighted by atomic mass is 32.2. The molecule has 0 saturated carbocycles. The Balaban J connectivity index is 1.51. The molecule has 0 unspecified atom stereocenters. The van der Waals surface area contributed by atoms with Crippen LogP contribution in [0.3, 0.4) is 0 Å². The van der Waals surface area contributed by atoms with E-state index in [9.17, 15) is 21.6 Å². The highest BCUT2D eigenvalue weighted by Crippen LogP contribution is 2.24. The Bertz CT molecular complexity index is 1290. The van der Waals surface area contributed by atoms with Crippen LogP contribution in [-0.2, 0) is 24.8 Å². The number of carbonyl (C=O) groups excluding carboxylic acids is 1. The van der Waals surface area contributed by atoms with E-state index < -0.39 is 26.1 Å².